The minimum absolute atomic E-state index is 0.131. The number of nitrogens with one attached hydrogen (secondary N) is 2. The van der Waals surface area contributed by atoms with Crippen LogP contribution in [0.2, 0.25) is 5.02 Å². The lowest BCUT2D eigenvalue weighted by atomic mass is 10.1. The van der Waals surface area contributed by atoms with E-state index in [1.807, 2.05) is 13.0 Å². The Morgan fingerprint density at radius 1 is 1.43 bits per heavy atom. The Kier molecular flexibility index (Phi) is 4.59. The summed E-state index contributed by atoms with van der Waals surface area (Å²) in [6.45, 7) is 2.11. The average Bonchev–Trinajstić information content (AvgIpc) is 2.48. The van der Waals surface area contributed by atoms with E-state index in [1.165, 1.54) is 12.1 Å². The van der Waals surface area contributed by atoms with Crippen LogP contribution >= 0.6 is 11.6 Å². The predicted octanol–water partition coefficient (Wildman–Crippen LogP) is 1.67. The number of nitrogens with zero attached hydrogens (tertiary/aromatic N) is 1. The van der Waals surface area contributed by atoms with Crippen LogP contribution in [0.3, 0.4) is 0 Å². The first-order valence-corrected chi connectivity index (χ1v) is 6.56. The molecule has 1 amide bonds. The van der Waals surface area contributed by atoms with E-state index < -0.39 is 5.91 Å². The summed E-state index contributed by atoms with van der Waals surface area (Å²) in [4.78, 5) is 22.8. The van der Waals surface area contributed by atoms with Crippen LogP contribution < -0.4 is 15.6 Å². The minimum atomic E-state index is -0.398. The maximum atomic E-state index is 11.9. The van der Waals surface area contributed by atoms with E-state index in [-0.39, 0.29) is 17.8 Å². The van der Waals surface area contributed by atoms with E-state index in [0.717, 1.165) is 11.1 Å². The molecule has 0 fully saturated rings. The second-order valence-corrected chi connectivity index (χ2v) is 4.81. The summed E-state index contributed by atoms with van der Waals surface area (Å²) < 4.78 is 5.26. The van der Waals surface area contributed by atoms with Crippen LogP contribution in [-0.4, -0.2) is 23.2 Å². The molecule has 0 radical (unpaired) electrons. The van der Waals surface area contributed by atoms with Crippen molar-refractivity contribution in [3.63, 3.8) is 0 Å². The average molecular weight is 308 g/mol. The van der Waals surface area contributed by atoms with Crippen LogP contribution in [0.15, 0.2) is 29.1 Å². The van der Waals surface area contributed by atoms with Crippen LogP contribution in [0.5, 0.6) is 5.75 Å². The van der Waals surface area contributed by atoms with E-state index in [4.69, 9.17) is 16.3 Å². The van der Waals surface area contributed by atoms with Crippen LogP contribution in [0.25, 0.3) is 0 Å². The Morgan fingerprint density at radius 3 is 2.81 bits per heavy atom. The molecule has 2 aromatic rings. The molecule has 21 heavy (non-hydrogen) atoms. The van der Waals surface area contributed by atoms with Crippen molar-refractivity contribution in [2.24, 2.45) is 0 Å². The molecule has 7 heteroatoms. The zero-order valence-corrected chi connectivity index (χ0v) is 12.3. The molecule has 0 unspecified atom stereocenters. The monoisotopic (exact) mass is 307 g/mol. The molecule has 0 bridgehead atoms. The topological polar surface area (TPSA) is 84.1 Å². The van der Waals surface area contributed by atoms with Crippen LogP contribution in [-0.2, 0) is 6.54 Å². The third-order valence-corrected chi connectivity index (χ3v) is 3.32. The summed E-state index contributed by atoms with van der Waals surface area (Å²) in [5.41, 5.74) is 1.42. The molecule has 2 N–H and O–H groups in total. The number of carbonyl (C=O) groups excluding carboxylic acids is 1. The van der Waals surface area contributed by atoms with E-state index >= 15 is 0 Å². The minimum Gasteiger partial charge on any atom is -0.496 e. The van der Waals surface area contributed by atoms with Gasteiger partial charge in [-0.1, -0.05) is 11.6 Å². The van der Waals surface area contributed by atoms with Gasteiger partial charge in [0.1, 0.15) is 11.4 Å². The number of carbonyl (C=O) groups is 1. The zero-order chi connectivity index (χ0) is 15.4. The zero-order valence-electron chi connectivity index (χ0n) is 11.6. The van der Waals surface area contributed by atoms with E-state index in [2.05, 4.69) is 15.5 Å². The fourth-order valence-corrected chi connectivity index (χ4v) is 1.95. The Hall–Kier alpha value is -2.34. The molecule has 0 aliphatic heterocycles. The van der Waals surface area contributed by atoms with Gasteiger partial charge in [0, 0.05) is 23.2 Å². The number of hydrogen-bond donors (Lipinski definition) is 2. The maximum Gasteiger partial charge on any atom is 0.271 e. The largest absolute Gasteiger partial charge is 0.496 e. The van der Waals surface area contributed by atoms with Crippen molar-refractivity contribution in [1.82, 2.24) is 15.5 Å². The lowest BCUT2D eigenvalue weighted by molar-refractivity contribution is 0.0944. The maximum absolute atomic E-state index is 11.9. The number of aromatic nitrogens is 2. The number of methoxy groups -OCH3 is 1. The molecule has 0 atom stereocenters. The first-order valence-electron chi connectivity index (χ1n) is 6.18. The number of hydrogen-bond acceptors (Lipinski definition) is 4. The Morgan fingerprint density at radius 2 is 2.19 bits per heavy atom. The molecular weight excluding hydrogens is 294 g/mol. The number of rotatable bonds is 4. The van der Waals surface area contributed by atoms with E-state index in [1.54, 1.807) is 13.2 Å². The molecule has 0 saturated heterocycles. The Bertz CT molecular complexity index is 707. The van der Waals surface area contributed by atoms with E-state index in [9.17, 15) is 9.59 Å². The van der Waals surface area contributed by atoms with Gasteiger partial charge in [-0.2, -0.15) is 5.10 Å². The number of aryl methyl sites for hydroxylation is 1. The molecule has 0 aliphatic rings. The summed E-state index contributed by atoms with van der Waals surface area (Å²) in [5.74, 6) is 0.247. The van der Waals surface area contributed by atoms with Crippen molar-refractivity contribution in [3.8, 4) is 5.75 Å². The van der Waals surface area contributed by atoms with Crippen LogP contribution in [0.1, 0.15) is 21.6 Å². The van der Waals surface area contributed by atoms with Gasteiger partial charge in [0.15, 0.2) is 0 Å². The van der Waals surface area contributed by atoms with E-state index in [0.29, 0.717) is 10.8 Å². The molecule has 110 valence electrons. The van der Waals surface area contributed by atoms with Gasteiger partial charge in [-0.05, 0) is 30.7 Å². The van der Waals surface area contributed by atoms with Crippen molar-refractivity contribution in [2.45, 2.75) is 13.5 Å². The van der Waals surface area contributed by atoms with Gasteiger partial charge in [0.25, 0.3) is 11.5 Å². The molecule has 1 aromatic heterocycles. The number of benzene rings is 1. The molecule has 0 saturated carbocycles. The summed E-state index contributed by atoms with van der Waals surface area (Å²) in [6.07, 6.45) is 0. The Labute approximate surface area is 126 Å². The first-order chi connectivity index (χ1) is 10.0. The predicted molar refractivity (Wildman–Crippen MR) is 78.8 cm³/mol. The first kappa shape index (κ1) is 15.1. The second kappa shape index (κ2) is 6.41. The van der Waals surface area contributed by atoms with Crippen molar-refractivity contribution < 1.29 is 9.53 Å². The smallest absolute Gasteiger partial charge is 0.271 e. The molecule has 0 aliphatic carbocycles. The number of amides is 1. The highest BCUT2D eigenvalue weighted by Gasteiger charge is 2.11. The van der Waals surface area contributed by atoms with Crippen molar-refractivity contribution in [3.05, 3.63) is 56.5 Å². The normalized spacial score (nSPS) is 10.2. The van der Waals surface area contributed by atoms with Crippen LogP contribution in [0, 0.1) is 6.92 Å². The Balaban J connectivity index is 2.12. The molecule has 2 rings (SSSR count). The van der Waals surface area contributed by atoms with Crippen LogP contribution in [0.4, 0.5) is 0 Å². The van der Waals surface area contributed by atoms with Crippen molar-refractivity contribution in [2.75, 3.05) is 7.11 Å². The van der Waals surface area contributed by atoms with Gasteiger partial charge < -0.3 is 10.1 Å². The summed E-state index contributed by atoms with van der Waals surface area (Å²) >= 11 is 6.07. The fourth-order valence-electron chi connectivity index (χ4n) is 1.76. The number of aromatic amines is 1. The molecular formula is C14H14ClN3O3. The summed E-state index contributed by atoms with van der Waals surface area (Å²) in [6, 6.07) is 6.15. The summed E-state index contributed by atoms with van der Waals surface area (Å²) in [7, 11) is 1.55. The number of ether oxygens (including phenoxy) is 1. The van der Waals surface area contributed by atoms with Gasteiger partial charge in [-0.3, -0.25) is 9.59 Å². The quantitative estimate of drug-likeness (QED) is 0.900. The molecule has 1 aromatic carbocycles. The number of H-pyrrole nitrogens is 1. The number of halogens is 1. The SMILES string of the molecule is COc1cc(C)c(Cl)cc1CNC(=O)c1ccc(=O)[nH]n1. The van der Waals surface area contributed by atoms with Gasteiger partial charge in [0.05, 0.1) is 7.11 Å². The third kappa shape index (κ3) is 3.61. The summed E-state index contributed by atoms with van der Waals surface area (Å²) in [5, 5.41) is 9.16. The lowest BCUT2D eigenvalue weighted by Gasteiger charge is -2.11. The highest BCUT2D eigenvalue weighted by molar-refractivity contribution is 6.31. The van der Waals surface area contributed by atoms with Crippen molar-refractivity contribution >= 4 is 17.5 Å². The van der Waals surface area contributed by atoms with Gasteiger partial charge in [-0.15, -0.1) is 0 Å². The fraction of sp³-hybridized carbons (Fsp3) is 0.214. The van der Waals surface area contributed by atoms with Gasteiger partial charge in [-0.25, -0.2) is 5.10 Å². The standard InChI is InChI=1S/C14H14ClN3O3/c1-8-5-12(21-2)9(6-10(8)15)7-16-14(20)11-3-4-13(19)18-17-11/h3-6H,7H2,1-2H3,(H,16,20)(H,18,19). The van der Waals surface area contributed by atoms with Gasteiger partial charge in [0.2, 0.25) is 0 Å². The lowest BCUT2D eigenvalue weighted by Crippen LogP contribution is -2.25. The third-order valence-electron chi connectivity index (χ3n) is 2.91. The highest BCUT2D eigenvalue weighted by Crippen LogP contribution is 2.26. The highest BCUT2D eigenvalue weighted by atomic mass is 35.5. The molecule has 6 nitrogen and oxygen atoms in total. The second-order valence-electron chi connectivity index (χ2n) is 4.40. The van der Waals surface area contributed by atoms with Crippen molar-refractivity contribution in [1.29, 1.82) is 0 Å². The molecule has 1 heterocycles. The van der Waals surface area contributed by atoms with Gasteiger partial charge >= 0.3 is 0 Å². The molecule has 0 spiro atoms.